The third-order valence-electron chi connectivity index (χ3n) is 3.24. The lowest BCUT2D eigenvalue weighted by molar-refractivity contribution is 0.0977. The highest BCUT2D eigenvalue weighted by atomic mass is 16.1. The average Bonchev–Trinajstić information content (AvgIpc) is 2.79. The molecule has 0 unspecified atom stereocenters. The molecule has 0 radical (unpaired) electrons. The standard InChI is InChI=1S/C14H9N3O/c18-12-8-9-4-3-7-15-13(9)17-11-6-2-1-5-10(11)16-14(12)17/h1-7H,8H2. The third kappa shape index (κ3) is 1.12. The Morgan fingerprint density at radius 3 is 2.94 bits per heavy atom. The topological polar surface area (TPSA) is 47.8 Å². The van der Waals surface area contributed by atoms with Gasteiger partial charge in [0, 0.05) is 18.2 Å². The van der Waals surface area contributed by atoms with Gasteiger partial charge in [-0.05, 0) is 18.2 Å². The number of imidazole rings is 1. The summed E-state index contributed by atoms with van der Waals surface area (Å²) in [6.07, 6.45) is 2.12. The summed E-state index contributed by atoms with van der Waals surface area (Å²) in [4.78, 5) is 20.9. The number of hydrogen-bond donors (Lipinski definition) is 0. The molecule has 0 spiro atoms. The Hall–Kier alpha value is -2.49. The van der Waals surface area contributed by atoms with Crippen LogP contribution in [-0.2, 0) is 6.42 Å². The number of ketones is 1. The molecule has 0 saturated carbocycles. The second-order valence-corrected chi connectivity index (χ2v) is 4.35. The molecular formula is C14H9N3O. The first-order valence-corrected chi connectivity index (χ1v) is 5.79. The summed E-state index contributed by atoms with van der Waals surface area (Å²) in [5, 5.41) is 0. The predicted octanol–water partition coefficient (Wildman–Crippen LogP) is 2.16. The van der Waals surface area contributed by atoms with Crippen LogP contribution >= 0.6 is 0 Å². The summed E-state index contributed by atoms with van der Waals surface area (Å²) < 4.78 is 1.86. The van der Waals surface area contributed by atoms with Crippen LogP contribution in [0.2, 0.25) is 0 Å². The lowest BCUT2D eigenvalue weighted by atomic mass is 10.1. The maximum absolute atomic E-state index is 12.1. The molecule has 4 heteroatoms. The SMILES string of the molecule is O=C1Cc2cccnc2-n2c1nc1ccccc12. The van der Waals surface area contributed by atoms with Gasteiger partial charge in [0.1, 0.15) is 5.82 Å². The van der Waals surface area contributed by atoms with Crippen molar-refractivity contribution in [3.63, 3.8) is 0 Å². The number of benzene rings is 1. The average molecular weight is 235 g/mol. The molecule has 0 atom stereocenters. The van der Waals surface area contributed by atoms with Crippen molar-refractivity contribution in [1.29, 1.82) is 0 Å². The monoisotopic (exact) mass is 235 g/mol. The minimum atomic E-state index is 0.0479. The summed E-state index contributed by atoms with van der Waals surface area (Å²) in [5.41, 5.74) is 2.72. The second kappa shape index (κ2) is 3.26. The molecule has 0 N–H and O–H groups in total. The molecule has 1 aromatic carbocycles. The zero-order valence-electron chi connectivity index (χ0n) is 9.50. The summed E-state index contributed by atoms with van der Waals surface area (Å²) >= 11 is 0. The summed E-state index contributed by atoms with van der Waals surface area (Å²) in [6.45, 7) is 0. The van der Waals surface area contributed by atoms with E-state index < -0.39 is 0 Å². The molecule has 1 aliphatic heterocycles. The van der Waals surface area contributed by atoms with Gasteiger partial charge in [0.05, 0.1) is 11.0 Å². The predicted molar refractivity (Wildman–Crippen MR) is 66.9 cm³/mol. The molecule has 0 saturated heterocycles. The van der Waals surface area contributed by atoms with Crippen LogP contribution in [-0.4, -0.2) is 20.3 Å². The van der Waals surface area contributed by atoms with E-state index in [0.29, 0.717) is 12.2 Å². The van der Waals surface area contributed by atoms with Crippen LogP contribution in [0.1, 0.15) is 16.2 Å². The Labute approximate surface area is 103 Å². The Morgan fingerprint density at radius 1 is 1.11 bits per heavy atom. The van der Waals surface area contributed by atoms with E-state index in [-0.39, 0.29) is 5.78 Å². The second-order valence-electron chi connectivity index (χ2n) is 4.35. The smallest absolute Gasteiger partial charge is 0.203 e. The van der Waals surface area contributed by atoms with Crippen LogP contribution in [0.5, 0.6) is 0 Å². The van der Waals surface area contributed by atoms with E-state index in [2.05, 4.69) is 9.97 Å². The molecule has 0 aliphatic carbocycles. The van der Waals surface area contributed by atoms with Crippen LogP contribution in [0.3, 0.4) is 0 Å². The van der Waals surface area contributed by atoms with Gasteiger partial charge >= 0.3 is 0 Å². The van der Waals surface area contributed by atoms with E-state index in [4.69, 9.17) is 0 Å². The van der Waals surface area contributed by atoms with Gasteiger partial charge in [-0.15, -0.1) is 0 Å². The molecular weight excluding hydrogens is 226 g/mol. The Kier molecular flexibility index (Phi) is 1.73. The molecule has 2 aromatic heterocycles. The van der Waals surface area contributed by atoms with E-state index in [0.717, 1.165) is 22.4 Å². The normalized spacial score (nSPS) is 13.4. The summed E-state index contributed by atoms with van der Waals surface area (Å²) in [5.74, 6) is 1.36. The van der Waals surface area contributed by atoms with Crippen molar-refractivity contribution in [3.8, 4) is 5.82 Å². The lowest BCUT2D eigenvalue weighted by Gasteiger charge is -2.16. The van der Waals surface area contributed by atoms with Crippen LogP contribution in [0, 0.1) is 0 Å². The van der Waals surface area contributed by atoms with E-state index in [9.17, 15) is 4.79 Å². The van der Waals surface area contributed by atoms with Gasteiger partial charge in [-0.2, -0.15) is 0 Å². The highest BCUT2D eigenvalue weighted by Gasteiger charge is 2.26. The number of aromatic nitrogens is 3. The molecule has 0 amide bonds. The van der Waals surface area contributed by atoms with Gasteiger partial charge in [0.25, 0.3) is 0 Å². The maximum atomic E-state index is 12.1. The fourth-order valence-electron chi connectivity index (χ4n) is 2.45. The first kappa shape index (κ1) is 9.53. The van der Waals surface area contributed by atoms with E-state index in [1.165, 1.54) is 0 Å². The molecule has 3 heterocycles. The van der Waals surface area contributed by atoms with Gasteiger partial charge in [0.15, 0.2) is 5.82 Å². The number of rotatable bonds is 0. The molecule has 0 fully saturated rings. The number of carbonyl (C=O) groups is 1. The van der Waals surface area contributed by atoms with Crippen LogP contribution in [0.4, 0.5) is 0 Å². The number of carbonyl (C=O) groups excluding carboxylic acids is 1. The minimum Gasteiger partial charge on any atom is -0.290 e. The van der Waals surface area contributed by atoms with Crippen molar-refractivity contribution in [1.82, 2.24) is 14.5 Å². The lowest BCUT2D eigenvalue weighted by Crippen LogP contribution is -2.20. The number of pyridine rings is 1. The fraction of sp³-hybridized carbons (Fsp3) is 0.0714. The number of fused-ring (bicyclic) bond motifs is 5. The highest BCUT2D eigenvalue weighted by molar-refractivity contribution is 6.00. The summed E-state index contributed by atoms with van der Waals surface area (Å²) in [6, 6.07) is 11.5. The molecule has 18 heavy (non-hydrogen) atoms. The minimum absolute atomic E-state index is 0.0479. The Balaban J connectivity index is 2.18. The number of Topliss-reactive ketones (excluding diaryl/α,β-unsaturated/α-hetero) is 1. The molecule has 0 bridgehead atoms. The molecule has 4 nitrogen and oxygen atoms in total. The number of hydrogen-bond acceptors (Lipinski definition) is 3. The number of nitrogens with zero attached hydrogens (tertiary/aromatic N) is 3. The van der Waals surface area contributed by atoms with Crippen LogP contribution in [0.15, 0.2) is 42.6 Å². The first-order chi connectivity index (χ1) is 8.84. The van der Waals surface area contributed by atoms with E-state index >= 15 is 0 Å². The van der Waals surface area contributed by atoms with Gasteiger partial charge in [0.2, 0.25) is 5.78 Å². The quantitative estimate of drug-likeness (QED) is 0.600. The third-order valence-corrected chi connectivity index (χ3v) is 3.24. The molecule has 3 aromatic rings. The van der Waals surface area contributed by atoms with Crippen molar-refractivity contribution in [2.75, 3.05) is 0 Å². The van der Waals surface area contributed by atoms with Gasteiger partial charge in [-0.3, -0.25) is 9.36 Å². The first-order valence-electron chi connectivity index (χ1n) is 5.79. The highest BCUT2D eigenvalue weighted by Crippen LogP contribution is 2.27. The van der Waals surface area contributed by atoms with Crippen molar-refractivity contribution >= 4 is 16.8 Å². The van der Waals surface area contributed by atoms with Crippen LogP contribution in [0.25, 0.3) is 16.9 Å². The molecule has 4 rings (SSSR count). The largest absolute Gasteiger partial charge is 0.290 e. The maximum Gasteiger partial charge on any atom is 0.203 e. The Bertz CT molecular complexity index is 789. The van der Waals surface area contributed by atoms with E-state index in [1.54, 1.807) is 6.20 Å². The molecule has 86 valence electrons. The van der Waals surface area contributed by atoms with E-state index in [1.807, 2.05) is 41.0 Å². The van der Waals surface area contributed by atoms with Crippen molar-refractivity contribution in [3.05, 3.63) is 54.0 Å². The zero-order valence-corrected chi connectivity index (χ0v) is 9.50. The zero-order chi connectivity index (χ0) is 12.1. The van der Waals surface area contributed by atoms with Gasteiger partial charge < -0.3 is 0 Å². The summed E-state index contributed by atoms with van der Waals surface area (Å²) in [7, 11) is 0. The van der Waals surface area contributed by atoms with Crippen molar-refractivity contribution in [2.24, 2.45) is 0 Å². The van der Waals surface area contributed by atoms with Crippen molar-refractivity contribution < 1.29 is 4.79 Å². The van der Waals surface area contributed by atoms with Crippen molar-refractivity contribution in [2.45, 2.75) is 6.42 Å². The van der Waals surface area contributed by atoms with Gasteiger partial charge in [-0.25, -0.2) is 9.97 Å². The fourth-order valence-corrected chi connectivity index (χ4v) is 2.45. The molecule has 1 aliphatic rings. The number of para-hydroxylation sites is 2. The van der Waals surface area contributed by atoms with Crippen LogP contribution < -0.4 is 0 Å². The Morgan fingerprint density at radius 2 is 2.00 bits per heavy atom. The van der Waals surface area contributed by atoms with Gasteiger partial charge in [-0.1, -0.05) is 18.2 Å².